The Morgan fingerprint density at radius 3 is 2.06 bits per heavy atom. The topological polar surface area (TPSA) is 121 Å². The Bertz CT molecular complexity index is 358. The van der Waals surface area contributed by atoms with E-state index in [0.717, 1.165) is 0 Å². The lowest BCUT2D eigenvalue weighted by molar-refractivity contribution is -0.151. The second-order valence-corrected chi connectivity index (χ2v) is 4.44. The van der Waals surface area contributed by atoms with Crippen LogP contribution in [-0.4, -0.2) is 51.2 Å². The Morgan fingerprint density at radius 1 is 1.28 bits per heavy atom. The number of amides is 2. The zero-order valence-electron chi connectivity index (χ0n) is 10.2. The molecule has 0 bridgehead atoms. The summed E-state index contributed by atoms with van der Waals surface area (Å²) >= 11 is 0. The molecule has 0 saturated carbocycles. The minimum absolute atomic E-state index is 0.0597. The van der Waals surface area contributed by atoms with Gasteiger partial charge in [0, 0.05) is 0 Å². The fraction of sp³-hybridized carbons (Fsp3) is 0.600. The number of carbonyl (C=O) groups excluding carboxylic acids is 2. The van der Waals surface area contributed by atoms with Crippen LogP contribution in [0.25, 0.3) is 0 Å². The van der Waals surface area contributed by atoms with Crippen LogP contribution < -0.4 is 0 Å². The summed E-state index contributed by atoms with van der Waals surface area (Å²) in [5.74, 6) is -3.05. The van der Waals surface area contributed by atoms with Gasteiger partial charge in [-0.25, -0.2) is 14.5 Å². The van der Waals surface area contributed by atoms with E-state index in [4.69, 9.17) is 14.9 Å². The molecule has 0 aliphatic carbocycles. The second kappa shape index (κ2) is 5.99. The summed E-state index contributed by atoms with van der Waals surface area (Å²) in [5, 5.41) is 17.3. The van der Waals surface area contributed by atoms with Gasteiger partial charge in [0.25, 0.3) is 0 Å². The van der Waals surface area contributed by atoms with Gasteiger partial charge < -0.3 is 14.9 Å². The van der Waals surface area contributed by atoms with Crippen molar-refractivity contribution in [3.05, 3.63) is 0 Å². The predicted molar refractivity (Wildman–Crippen MR) is 57.8 cm³/mol. The molecule has 0 spiro atoms. The van der Waals surface area contributed by atoms with E-state index in [-0.39, 0.29) is 11.3 Å². The second-order valence-electron chi connectivity index (χ2n) is 4.44. The Labute approximate surface area is 103 Å². The van der Waals surface area contributed by atoms with E-state index in [1.54, 1.807) is 0 Å². The Morgan fingerprint density at radius 2 is 1.78 bits per heavy atom. The summed E-state index contributed by atoms with van der Waals surface area (Å²) in [5.41, 5.74) is -0.926. The minimum Gasteiger partial charge on any atom is -0.481 e. The minimum atomic E-state index is -1.80. The molecule has 8 nitrogen and oxygen atoms in total. The van der Waals surface area contributed by atoms with Crippen LogP contribution in [0, 0.1) is 0 Å². The maximum Gasteiger partial charge on any atom is 0.417 e. The standard InChI is InChI=1S/C10H15NO7/c1-10(2,3)18-9(17)11(5-12)6(8(15)16)4-7(13)14/h5-6H,4H2,1-3H3,(H,13,14)(H,15,16)/t6-/m0/s1. The van der Waals surface area contributed by atoms with E-state index >= 15 is 0 Å². The number of carboxylic acid groups (broad SMARTS) is 2. The number of carbonyl (C=O) groups is 4. The largest absolute Gasteiger partial charge is 0.481 e. The van der Waals surface area contributed by atoms with Gasteiger partial charge in [-0.15, -0.1) is 0 Å². The fourth-order valence-corrected chi connectivity index (χ4v) is 1.03. The first-order valence-electron chi connectivity index (χ1n) is 4.99. The quantitative estimate of drug-likeness (QED) is 0.683. The molecule has 102 valence electrons. The van der Waals surface area contributed by atoms with Gasteiger partial charge in [0.05, 0.1) is 6.42 Å². The monoisotopic (exact) mass is 261 g/mol. The molecule has 0 saturated heterocycles. The lowest BCUT2D eigenvalue weighted by Gasteiger charge is -2.26. The Kier molecular flexibility index (Phi) is 5.28. The van der Waals surface area contributed by atoms with Crippen molar-refractivity contribution < 1.29 is 34.1 Å². The summed E-state index contributed by atoms with van der Waals surface area (Å²) in [6.07, 6.45) is -2.16. The van der Waals surface area contributed by atoms with Gasteiger partial charge in [-0.05, 0) is 20.8 Å². The van der Waals surface area contributed by atoms with Gasteiger partial charge in [-0.1, -0.05) is 0 Å². The maximum absolute atomic E-state index is 11.5. The zero-order valence-corrected chi connectivity index (χ0v) is 10.2. The van der Waals surface area contributed by atoms with Crippen molar-refractivity contribution in [2.45, 2.75) is 38.8 Å². The molecule has 2 amide bonds. The van der Waals surface area contributed by atoms with Gasteiger partial charge in [0.1, 0.15) is 5.60 Å². The molecule has 2 N–H and O–H groups in total. The van der Waals surface area contributed by atoms with Gasteiger partial charge in [-0.3, -0.25) is 9.59 Å². The average molecular weight is 261 g/mol. The molecular formula is C10H15NO7. The molecule has 8 heteroatoms. The summed E-state index contributed by atoms with van der Waals surface area (Å²) < 4.78 is 4.80. The number of carboxylic acids is 2. The molecule has 0 fully saturated rings. The van der Waals surface area contributed by atoms with Crippen molar-refractivity contribution in [2.75, 3.05) is 0 Å². The lowest BCUT2D eigenvalue weighted by atomic mass is 10.2. The number of hydrogen-bond acceptors (Lipinski definition) is 5. The lowest BCUT2D eigenvalue weighted by Crippen LogP contribution is -2.47. The van der Waals surface area contributed by atoms with E-state index in [1.807, 2.05) is 0 Å². The van der Waals surface area contributed by atoms with Crippen LogP contribution >= 0.6 is 0 Å². The molecule has 0 unspecified atom stereocenters. The number of imide groups is 1. The SMILES string of the molecule is CC(C)(C)OC(=O)N(C=O)[C@@H](CC(=O)O)C(=O)O. The molecule has 0 aliphatic heterocycles. The number of rotatable bonds is 5. The molecule has 18 heavy (non-hydrogen) atoms. The normalized spacial score (nSPS) is 12.4. The van der Waals surface area contributed by atoms with E-state index in [1.165, 1.54) is 20.8 Å². The van der Waals surface area contributed by atoms with E-state index < -0.39 is 36.1 Å². The third-order valence-electron chi connectivity index (χ3n) is 1.71. The molecule has 1 atom stereocenters. The molecule has 0 aromatic rings. The van der Waals surface area contributed by atoms with Crippen LogP contribution in [0.5, 0.6) is 0 Å². The highest BCUT2D eigenvalue weighted by Gasteiger charge is 2.34. The first-order chi connectivity index (χ1) is 8.08. The van der Waals surface area contributed by atoms with E-state index in [9.17, 15) is 19.2 Å². The van der Waals surface area contributed by atoms with Gasteiger partial charge in [-0.2, -0.15) is 0 Å². The average Bonchev–Trinajstić information content (AvgIpc) is 2.13. The molecule has 0 aliphatic rings. The van der Waals surface area contributed by atoms with Gasteiger partial charge >= 0.3 is 18.0 Å². The first-order valence-corrected chi connectivity index (χ1v) is 4.99. The Hall–Kier alpha value is -2.12. The van der Waals surface area contributed by atoms with Crippen LogP contribution in [0.3, 0.4) is 0 Å². The fourth-order valence-electron chi connectivity index (χ4n) is 1.03. The zero-order chi connectivity index (χ0) is 14.5. The number of hydrogen-bond donors (Lipinski definition) is 2. The van der Waals surface area contributed by atoms with Crippen LogP contribution in [-0.2, 0) is 19.1 Å². The summed E-state index contributed by atoms with van der Waals surface area (Å²) in [4.78, 5) is 43.8. The third-order valence-corrected chi connectivity index (χ3v) is 1.71. The number of ether oxygens (including phenoxy) is 1. The van der Waals surface area contributed by atoms with Crippen LogP contribution in [0.4, 0.5) is 4.79 Å². The van der Waals surface area contributed by atoms with Gasteiger partial charge in [0.2, 0.25) is 6.41 Å². The van der Waals surface area contributed by atoms with E-state index in [0.29, 0.717) is 0 Å². The van der Waals surface area contributed by atoms with Crippen molar-refractivity contribution in [3.8, 4) is 0 Å². The van der Waals surface area contributed by atoms with Crippen LogP contribution in [0.15, 0.2) is 0 Å². The molecular weight excluding hydrogens is 246 g/mol. The van der Waals surface area contributed by atoms with Crippen LogP contribution in [0.1, 0.15) is 27.2 Å². The van der Waals surface area contributed by atoms with E-state index in [2.05, 4.69) is 0 Å². The smallest absolute Gasteiger partial charge is 0.417 e. The predicted octanol–water partition coefficient (Wildman–Crippen LogP) is 0.308. The highest BCUT2D eigenvalue weighted by atomic mass is 16.6. The summed E-state index contributed by atoms with van der Waals surface area (Å²) in [6, 6.07) is -1.80. The van der Waals surface area contributed by atoms with Crippen LogP contribution in [0.2, 0.25) is 0 Å². The maximum atomic E-state index is 11.5. The van der Waals surface area contributed by atoms with Gasteiger partial charge in [0.15, 0.2) is 6.04 Å². The number of nitrogens with zero attached hydrogens (tertiary/aromatic N) is 1. The highest BCUT2D eigenvalue weighted by Crippen LogP contribution is 2.12. The van der Waals surface area contributed by atoms with Crippen molar-refractivity contribution in [1.29, 1.82) is 0 Å². The van der Waals surface area contributed by atoms with Crippen molar-refractivity contribution in [2.24, 2.45) is 0 Å². The summed E-state index contributed by atoms with van der Waals surface area (Å²) in [7, 11) is 0. The molecule has 0 aromatic heterocycles. The molecule has 0 radical (unpaired) electrons. The van der Waals surface area contributed by atoms with Crippen molar-refractivity contribution >= 4 is 24.4 Å². The highest BCUT2D eigenvalue weighted by molar-refractivity contribution is 5.90. The molecule has 0 aromatic carbocycles. The van der Waals surface area contributed by atoms with Crippen molar-refractivity contribution in [1.82, 2.24) is 4.90 Å². The van der Waals surface area contributed by atoms with Crippen molar-refractivity contribution in [3.63, 3.8) is 0 Å². The Balaban J connectivity index is 5.01. The molecule has 0 heterocycles. The number of aliphatic carboxylic acids is 2. The first kappa shape index (κ1) is 15.9. The third kappa shape index (κ3) is 5.28. The summed E-state index contributed by atoms with van der Waals surface area (Å²) in [6.45, 7) is 4.59. The molecule has 0 rings (SSSR count).